The topological polar surface area (TPSA) is 58.1 Å². The first-order valence-electron chi connectivity index (χ1n) is 8.20. The van der Waals surface area contributed by atoms with Gasteiger partial charge in [0.15, 0.2) is 0 Å². The van der Waals surface area contributed by atoms with E-state index < -0.39 is 0 Å². The molecule has 1 saturated heterocycles. The molecule has 0 saturated carbocycles. The SMILES string of the molecule is Cc1cnc(C(=O)NCC(c2ccccc2Cl)N2CCCC2)cn1. The quantitative estimate of drug-likeness (QED) is 0.905. The van der Waals surface area contributed by atoms with Gasteiger partial charge in [0.05, 0.1) is 17.9 Å². The molecule has 24 heavy (non-hydrogen) atoms. The van der Waals surface area contributed by atoms with E-state index in [-0.39, 0.29) is 11.9 Å². The fraction of sp³-hybridized carbons (Fsp3) is 0.389. The zero-order chi connectivity index (χ0) is 16.9. The summed E-state index contributed by atoms with van der Waals surface area (Å²) in [5, 5.41) is 3.71. The van der Waals surface area contributed by atoms with Crippen LogP contribution in [0.3, 0.4) is 0 Å². The smallest absolute Gasteiger partial charge is 0.271 e. The van der Waals surface area contributed by atoms with E-state index in [2.05, 4.69) is 20.2 Å². The molecule has 0 aliphatic carbocycles. The van der Waals surface area contributed by atoms with Crippen LogP contribution in [0.15, 0.2) is 36.7 Å². The van der Waals surface area contributed by atoms with Crippen molar-refractivity contribution < 1.29 is 4.79 Å². The Morgan fingerprint density at radius 2 is 2.00 bits per heavy atom. The van der Waals surface area contributed by atoms with E-state index >= 15 is 0 Å². The monoisotopic (exact) mass is 344 g/mol. The Morgan fingerprint density at radius 3 is 2.67 bits per heavy atom. The van der Waals surface area contributed by atoms with Gasteiger partial charge in [-0.3, -0.25) is 14.7 Å². The number of aromatic nitrogens is 2. The first kappa shape index (κ1) is 16.9. The van der Waals surface area contributed by atoms with Gasteiger partial charge < -0.3 is 5.32 Å². The first-order chi connectivity index (χ1) is 11.6. The highest BCUT2D eigenvalue weighted by molar-refractivity contribution is 6.31. The van der Waals surface area contributed by atoms with Crippen molar-refractivity contribution in [2.45, 2.75) is 25.8 Å². The largest absolute Gasteiger partial charge is 0.349 e. The number of amides is 1. The Morgan fingerprint density at radius 1 is 1.25 bits per heavy atom. The number of nitrogens with zero attached hydrogens (tertiary/aromatic N) is 3. The predicted molar refractivity (Wildman–Crippen MR) is 94.1 cm³/mol. The van der Waals surface area contributed by atoms with Crippen LogP contribution in [0.2, 0.25) is 5.02 Å². The summed E-state index contributed by atoms with van der Waals surface area (Å²) >= 11 is 6.39. The van der Waals surface area contributed by atoms with Crippen LogP contribution < -0.4 is 5.32 Å². The number of carbonyl (C=O) groups is 1. The lowest BCUT2D eigenvalue weighted by molar-refractivity contribution is 0.0932. The summed E-state index contributed by atoms with van der Waals surface area (Å²) in [6, 6.07) is 7.91. The van der Waals surface area contributed by atoms with Crippen molar-refractivity contribution in [1.82, 2.24) is 20.2 Å². The lowest BCUT2D eigenvalue weighted by atomic mass is 10.1. The molecule has 1 atom stereocenters. The van der Waals surface area contributed by atoms with Gasteiger partial charge in [0.2, 0.25) is 0 Å². The lowest BCUT2D eigenvalue weighted by Gasteiger charge is -2.28. The Bertz CT molecular complexity index is 698. The molecule has 0 bridgehead atoms. The molecule has 0 spiro atoms. The van der Waals surface area contributed by atoms with Gasteiger partial charge in [0.1, 0.15) is 5.69 Å². The van der Waals surface area contributed by atoms with Crippen LogP contribution in [-0.2, 0) is 0 Å². The molecular formula is C18H21ClN4O. The second kappa shape index (κ2) is 7.73. The number of hydrogen-bond donors (Lipinski definition) is 1. The van der Waals surface area contributed by atoms with Crippen LogP contribution in [0.25, 0.3) is 0 Å². The van der Waals surface area contributed by atoms with Crippen LogP contribution >= 0.6 is 11.6 Å². The highest BCUT2D eigenvalue weighted by Gasteiger charge is 2.25. The molecule has 1 aliphatic heterocycles. The van der Waals surface area contributed by atoms with Crippen LogP contribution in [0.1, 0.15) is 40.6 Å². The third-order valence-corrected chi connectivity index (χ3v) is 4.66. The highest BCUT2D eigenvalue weighted by Crippen LogP contribution is 2.29. The number of aryl methyl sites for hydroxylation is 1. The highest BCUT2D eigenvalue weighted by atomic mass is 35.5. The van der Waals surface area contributed by atoms with E-state index in [9.17, 15) is 4.79 Å². The number of halogens is 1. The van der Waals surface area contributed by atoms with E-state index in [4.69, 9.17) is 11.6 Å². The summed E-state index contributed by atoms with van der Waals surface area (Å²) in [4.78, 5) is 23.0. The zero-order valence-corrected chi connectivity index (χ0v) is 14.5. The van der Waals surface area contributed by atoms with Crippen molar-refractivity contribution in [2.24, 2.45) is 0 Å². The van der Waals surface area contributed by atoms with Crippen LogP contribution in [-0.4, -0.2) is 40.4 Å². The Labute approximate surface area is 147 Å². The van der Waals surface area contributed by atoms with E-state index in [0.717, 1.165) is 29.4 Å². The standard InChI is InChI=1S/C18H21ClN4O/c1-13-10-21-16(11-20-13)18(24)22-12-17(23-8-4-5-9-23)14-6-2-3-7-15(14)19/h2-3,6-7,10-11,17H,4-5,8-9,12H2,1H3,(H,22,24). The number of carbonyl (C=O) groups excluding carboxylic acids is 1. The van der Waals surface area contributed by atoms with E-state index in [0.29, 0.717) is 12.2 Å². The normalized spacial score (nSPS) is 16.1. The number of hydrogen-bond acceptors (Lipinski definition) is 4. The molecule has 5 nitrogen and oxygen atoms in total. The van der Waals surface area contributed by atoms with Gasteiger partial charge in [-0.25, -0.2) is 4.98 Å². The average molecular weight is 345 g/mol. The summed E-state index contributed by atoms with van der Waals surface area (Å²) in [5.74, 6) is -0.209. The maximum absolute atomic E-state index is 12.3. The molecule has 3 rings (SSSR count). The maximum atomic E-state index is 12.3. The summed E-state index contributed by atoms with van der Waals surface area (Å²) in [6.45, 7) is 4.39. The third-order valence-electron chi connectivity index (χ3n) is 4.32. The van der Waals surface area contributed by atoms with Crippen LogP contribution in [0.4, 0.5) is 0 Å². The van der Waals surface area contributed by atoms with Crippen molar-refractivity contribution >= 4 is 17.5 Å². The first-order valence-corrected chi connectivity index (χ1v) is 8.58. The van der Waals surface area contributed by atoms with Crippen LogP contribution in [0.5, 0.6) is 0 Å². The summed E-state index contributed by atoms with van der Waals surface area (Å²) in [6.07, 6.45) is 5.46. The van der Waals surface area contributed by atoms with Crippen molar-refractivity contribution in [3.05, 3.63) is 58.6 Å². The Balaban J connectivity index is 1.73. The number of nitrogens with one attached hydrogen (secondary N) is 1. The number of rotatable bonds is 5. The van der Waals surface area contributed by atoms with E-state index in [1.54, 1.807) is 6.20 Å². The molecule has 1 N–H and O–H groups in total. The second-order valence-corrected chi connectivity index (χ2v) is 6.44. The summed E-state index contributed by atoms with van der Waals surface area (Å²) in [5.41, 5.74) is 2.17. The molecule has 2 heterocycles. The molecule has 2 aromatic rings. The average Bonchev–Trinajstić information content (AvgIpc) is 3.11. The summed E-state index contributed by atoms with van der Waals surface area (Å²) < 4.78 is 0. The molecule has 1 unspecified atom stereocenters. The summed E-state index contributed by atoms with van der Waals surface area (Å²) in [7, 11) is 0. The van der Waals surface area contributed by atoms with E-state index in [1.807, 2.05) is 31.2 Å². The minimum absolute atomic E-state index is 0.0727. The van der Waals surface area contributed by atoms with Crippen LogP contribution in [0, 0.1) is 6.92 Å². The van der Waals surface area contributed by atoms with Gasteiger partial charge >= 0.3 is 0 Å². The molecule has 1 aromatic carbocycles. The second-order valence-electron chi connectivity index (χ2n) is 6.03. The molecule has 0 radical (unpaired) electrons. The molecule has 126 valence electrons. The fourth-order valence-electron chi connectivity index (χ4n) is 3.02. The van der Waals surface area contributed by atoms with Gasteiger partial charge in [0.25, 0.3) is 5.91 Å². The van der Waals surface area contributed by atoms with Crippen molar-refractivity contribution in [1.29, 1.82) is 0 Å². The fourth-order valence-corrected chi connectivity index (χ4v) is 3.29. The number of likely N-dealkylation sites (tertiary alicyclic amines) is 1. The maximum Gasteiger partial charge on any atom is 0.271 e. The zero-order valence-electron chi connectivity index (χ0n) is 13.7. The van der Waals surface area contributed by atoms with Crippen molar-refractivity contribution in [2.75, 3.05) is 19.6 Å². The molecule has 1 amide bonds. The van der Waals surface area contributed by atoms with E-state index in [1.165, 1.54) is 19.0 Å². The molecule has 6 heteroatoms. The molecule has 1 aliphatic rings. The van der Waals surface area contributed by atoms with Crippen molar-refractivity contribution in [3.8, 4) is 0 Å². The number of benzene rings is 1. The minimum Gasteiger partial charge on any atom is -0.349 e. The molecule has 1 aromatic heterocycles. The lowest BCUT2D eigenvalue weighted by Crippen LogP contribution is -2.37. The van der Waals surface area contributed by atoms with Gasteiger partial charge in [0, 0.05) is 17.8 Å². The van der Waals surface area contributed by atoms with Crippen molar-refractivity contribution in [3.63, 3.8) is 0 Å². The molecular weight excluding hydrogens is 324 g/mol. The minimum atomic E-state index is -0.209. The molecule has 1 fully saturated rings. The third kappa shape index (κ3) is 3.91. The Hall–Kier alpha value is -1.98. The van der Waals surface area contributed by atoms with Gasteiger partial charge in [-0.15, -0.1) is 0 Å². The van der Waals surface area contributed by atoms with Gasteiger partial charge in [-0.2, -0.15) is 0 Å². The Kier molecular flexibility index (Phi) is 5.43. The van der Waals surface area contributed by atoms with Gasteiger partial charge in [-0.05, 0) is 44.5 Å². The predicted octanol–water partition coefficient (Wildman–Crippen LogP) is 3.01. The van der Waals surface area contributed by atoms with Gasteiger partial charge in [-0.1, -0.05) is 29.8 Å².